The van der Waals surface area contributed by atoms with E-state index < -0.39 is 0 Å². The minimum Gasteiger partial charge on any atom is -0.379 e. The molecule has 0 atom stereocenters. The number of pyridine rings is 1. The van der Waals surface area contributed by atoms with Crippen LogP contribution < -0.4 is 15.5 Å². The first kappa shape index (κ1) is 23.3. The molecule has 0 amide bonds. The Labute approximate surface area is 194 Å². The van der Waals surface area contributed by atoms with Crippen molar-refractivity contribution in [3.8, 4) is 0 Å². The second kappa shape index (κ2) is 11.8. The zero-order valence-electron chi connectivity index (χ0n) is 19.9. The van der Waals surface area contributed by atoms with Gasteiger partial charge in [0.1, 0.15) is 5.82 Å². The van der Waals surface area contributed by atoms with Gasteiger partial charge in [-0.15, -0.1) is 0 Å². The molecule has 7 heteroatoms. The summed E-state index contributed by atoms with van der Waals surface area (Å²) < 4.78 is 5.63. The van der Waals surface area contributed by atoms with E-state index in [1.54, 1.807) is 0 Å². The quantitative estimate of drug-likeness (QED) is 0.500. The third-order valence-corrected chi connectivity index (χ3v) is 7.30. The van der Waals surface area contributed by atoms with Gasteiger partial charge in [0.25, 0.3) is 0 Å². The number of rotatable bonds is 7. The van der Waals surface area contributed by atoms with Gasteiger partial charge >= 0.3 is 0 Å². The SMILES string of the molecule is CCNC(=NCc1ccnc(N2CCCCC2)c1)NCC1(N2CCOCC2)CCCCC1. The van der Waals surface area contributed by atoms with E-state index in [1.165, 1.54) is 56.9 Å². The second-order valence-electron chi connectivity index (χ2n) is 9.50. The highest BCUT2D eigenvalue weighted by molar-refractivity contribution is 5.79. The maximum absolute atomic E-state index is 5.63. The number of nitrogens with zero attached hydrogens (tertiary/aromatic N) is 4. The summed E-state index contributed by atoms with van der Waals surface area (Å²) in [7, 11) is 0. The van der Waals surface area contributed by atoms with E-state index >= 15 is 0 Å². The number of morpholine rings is 1. The first-order valence-electron chi connectivity index (χ1n) is 12.8. The summed E-state index contributed by atoms with van der Waals surface area (Å²) >= 11 is 0. The van der Waals surface area contributed by atoms with Crippen LogP contribution in [0, 0.1) is 0 Å². The number of guanidine groups is 1. The van der Waals surface area contributed by atoms with Crippen LogP contribution in [0.15, 0.2) is 23.3 Å². The van der Waals surface area contributed by atoms with Crippen LogP contribution in [-0.4, -0.2) is 73.9 Å². The summed E-state index contributed by atoms with van der Waals surface area (Å²) in [6, 6.07) is 4.31. The Morgan fingerprint density at radius 2 is 1.78 bits per heavy atom. The lowest BCUT2D eigenvalue weighted by atomic mass is 9.80. The summed E-state index contributed by atoms with van der Waals surface area (Å²) in [5.41, 5.74) is 1.45. The number of ether oxygens (including phenoxy) is 1. The standard InChI is InChI=1S/C25H42N6O/c1-2-26-24(28-20-22-9-12-27-23(19-22)30-13-7-4-8-14-30)29-21-25(10-5-3-6-11-25)31-15-17-32-18-16-31/h9,12,19H,2-8,10-11,13-18,20-21H2,1H3,(H2,26,28,29). The molecule has 1 aliphatic carbocycles. The molecule has 0 radical (unpaired) electrons. The fourth-order valence-electron chi connectivity index (χ4n) is 5.47. The van der Waals surface area contributed by atoms with Crippen LogP contribution in [0.2, 0.25) is 0 Å². The Morgan fingerprint density at radius 3 is 2.53 bits per heavy atom. The molecule has 1 aromatic rings. The van der Waals surface area contributed by atoms with Crippen molar-refractivity contribution < 1.29 is 4.74 Å². The lowest BCUT2D eigenvalue weighted by molar-refractivity contribution is -0.0352. The molecule has 0 unspecified atom stereocenters. The molecular formula is C25H42N6O. The highest BCUT2D eigenvalue weighted by Crippen LogP contribution is 2.33. The van der Waals surface area contributed by atoms with Crippen LogP contribution in [0.25, 0.3) is 0 Å². The van der Waals surface area contributed by atoms with Gasteiger partial charge in [-0.05, 0) is 56.7 Å². The zero-order valence-corrected chi connectivity index (χ0v) is 19.9. The lowest BCUT2D eigenvalue weighted by Crippen LogP contribution is -2.60. The Morgan fingerprint density at radius 1 is 1.03 bits per heavy atom. The largest absolute Gasteiger partial charge is 0.379 e. The molecule has 32 heavy (non-hydrogen) atoms. The van der Waals surface area contributed by atoms with Gasteiger partial charge in [-0.2, -0.15) is 0 Å². The van der Waals surface area contributed by atoms with Gasteiger partial charge in [-0.25, -0.2) is 9.98 Å². The number of hydrogen-bond donors (Lipinski definition) is 2. The molecule has 2 aliphatic heterocycles. The van der Waals surface area contributed by atoms with E-state index in [-0.39, 0.29) is 5.54 Å². The summed E-state index contributed by atoms with van der Waals surface area (Å²) in [6.45, 7) is 10.7. The van der Waals surface area contributed by atoms with E-state index in [0.29, 0.717) is 6.54 Å². The molecule has 0 bridgehead atoms. The van der Waals surface area contributed by atoms with Crippen LogP contribution in [-0.2, 0) is 11.3 Å². The Hall–Kier alpha value is -1.86. The number of aromatic nitrogens is 1. The summed E-state index contributed by atoms with van der Waals surface area (Å²) in [5, 5.41) is 7.17. The zero-order chi connectivity index (χ0) is 22.1. The van der Waals surface area contributed by atoms with Crippen molar-refractivity contribution >= 4 is 11.8 Å². The van der Waals surface area contributed by atoms with Crippen LogP contribution in [0.1, 0.15) is 63.9 Å². The van der Waals surface area contributed by atoms with Crippen LogP contribution >= 0.6 is 0 Å². The lowest BCUT2D eigenvalue weighted by Gasteiger charge is -2.48. The predicted molar refractivity (Wildman–Crippen MR) is 131 cm³/mol. The number of piperidine rings is 1. The molecule has 4 rings (SSSR count). The molecular weight excluding hydrogens is 400 g/mol. The second-order valence-corrected chi connectivity index (χ2v) is 9.50. The third-order valence-electron chi connectivity index (χ3n) is 7.30. The van der Waals surface area contributed by atoms with Gasteiger partial charge < -0.3 is 20.3 Å². The first-order valence-corrected chi connectivity index (χ1v) is 12.8. The molecule has 2 saturated heterocycles. The minimum absolute atomic E-state index is 0.232. The molecule has 3 heterocycles. The van der Waals surface area contributed by atoms with Gasteiger partial charge in [0.2, 0.25) is 0 Å². The highest BCUT2D eigenvalue weighted by Gasteiger charge is 2.38. The van der Waals surface area contributed by atoms with Gasteiger partial charge in [0.05, 0.1) is 19.8 Å². The number of aliphatic imine (C=N–C) groups is 1. The molecule has 1 saturated carbocycles. The molecule has 1 aromatic heterocycles. The van der Waals surface area contributed by atoms with E-state index in [4.69, 9.17) is 9.73 Å². The van der Waals surface area contributed by atoms with Crippen molar-refractivity contribution in [1.82, 2.24) is 20.5 Å². The van der Waals surface area contributed by atoms with E-state index in [1.807, 2.05) is 6.20 Å². The summed E-state index contributed by atoms with van der Waals surface area (Å²) in [6.07, 6.45) is 12.3. The predicted octanol–water partition coefficient (Wildman–Crippen LogP) is 3.16. The molecule has 0 spiro atoms. The Bertz CT molecular complexity index is 721. The van der Waals surface area contributed by atoms with Crippen LogP contribution in [0.4, 0.5) is 5.82 Å². The number of hydrogen-bond acceptors (Lipinski definition) is 5. The van der Waals surface area contributed by atoms with Gasteiger partial charge in [0.15, 0.2) is 5.96 Å². The van der Waals surface area contributed by atoms with Crippen molar-refractivity contribution in [3.63, 3.8) is 0 Å². The summed E-state index contributed by atoms with van der Waals surface area (Å²) in [5.74, 6) is 2.02. The Balaban J connectivity index is 1.40. The van der Waals surface area contributed by atoms with Gasteiger partial charge in [0, 0.05) is 51.0 Å². The average molecular weight is 443 g/mol. The molecule has 3 fully saturated rings. The maximum atomic E-state index is 5.63. The van der Waals surface area contributed by atoms with Crippen LogP contribution in [0.3, 0.4) is 0 Å². The number of nitrogens with one attached hydrogen (secondary N) is 2. The molecule has 2 N–H and O–H groups in total. The molecule has 178 valence electrons. The molecule has 7 nitrogen and oxygen atoms in total. The van der Waals surface area contributed by atoms with Crippen molar-refractivity contribution in [1.29, 1.82) is 0 Å². The topological polar surface area (TPSA) is 65.0 Å². The highest BCUT2D eigenvalue weighted by atomic mass is 16.5. The molecule has 0 aromatic carbocycles. The van der Waals surface area contributed by atoms with E-state index in [0.717, 1.165) is 64.3 Å². The normalized spacial score (nSPS) is 22.5. The van der Waals surface area contributed by atoms with Crippen molar-refractivity contribution in [2.24, 2.45) is 4.99 Å². The van der Waals surface area contributed by atoms with Crippen molar-refractivity contribution in [3.05, 3.63) is 23.9 Å². The fourth-order valence-corrected chi connectivity index (χ4v) is 5.47. The van der Waals surface area contributed by atoms with Gasteiger partial charge in [-0.1, -0.05) is 19.3 Å². The Kier molecular flexibility index (Phi) is 8.62. The fraction of sp³-hybridized carbons (Fsp3) is 0.760. The first-order chi connectivity index (χ1) is 15.8. The van der Waals surface area contributed by atoms with E-state index in [2.05, 4.69) is 44.5 Å². The summed E-state index contributed by atoms with van der Waals surface area (Å²) in [4.78, 5) is 14.6. The monoisotopic (exact) mass is 442 g/mol. The maximum Gasteiger partial charge on any atom is 0.191 e. The molecule has 3 aliphatic rings. The average Bonchev–Trinajstić information content (AvgIpc) is 2.87. The van der Waals surface area contributed by atoms with Crippen molar-refractivity contribution in [2.45, 2.75) is 70.4 Å². The third kappa shape index (κ3) is 6.13. The number of anilines is 1. The smallest absolute Gasteiger partial charge is 0.191 e. The van der Waals surface area contributed by atoms with Gasteiger partial charge in [-0.3, -0.25) is 4.90 Å². The minimum atomic E-state index is 0.232. The van der Waals surface area contributed by atoms with E-state index in [9.17, 15) is 0 Å². The van der Waals surface area contributed by atoms with Crippen molar-refractivity contribution in [2.75, 3.05) is 57.4 Å². The van der Waals surface area contributed by atoms with Crippen LogP contribution in [0.5, 0.6) is 0 Å².